The van der Waals surface area contributed by atoms with Gasteiger partial charge in [-0.15, -0.1) is 0 Å². The Hall–Kier alpha value is -0.870. The number of hydrogen-bond acceptors (Lipinski definition) is 3. The Kier molecular flexibility index (Phi) is 5.44. The second-order valence-corrected chi connectivity index (χ2v) is 8.31. The van der Waals surface area contributed by atoms with Crippen LogP contribution in [-0.2, 0) is 9.84 Å². The van der Waals surface area contributed by atoms with E-state index in [0.29, 0.717) is 10.8 Å². The van der Waals surface area contributed by atoms with E-state index in [4.69, 9.17) is 0 Å². The highest BCUT2D eigenvalue weighted by atomic mass is 32.2. The molecule has 1 aromatic carbocycles. The predicted molar refractivity (Wildman–Crippen MR) is 87.2 cm³/mol. The first-order chi connectivity index (χ1) is 9.98. The van der Waals surface area contributed by atoms with Crippen molar-refractivity contribution < 1.29 is 8.42 Å². The number of aryl methyl sites for hydroxylation is 1. The molecule has 1 N–H and O–H groups in total. The number of benzene rings is 1. The molecule has 0 amide bonds. The Labute approximate surface area is 129 Å². The maximum Gasteiger partial charge on any atom is 0.182 e. The van der Waals surface area contributed by atoms with Crippen molar-refractivity contribution in [2.24, 2.45) is 5.92 Å². The van der Waals surface area contributed by atoms with E-state index in [1.165, 1.54) is 0 Å². The summed E-state index contributed by atoms with van der Waals surface area (Å²) in [5.41, 5.74) is 1.09. The quantitative estimate of drug-likeness (QED) is 0.907. The summed E-state index contributed by atoms with van der Waals surface area (Å²) in [6.45, 7) is 7.00. The molecule has 0 bridgehead atoms. The highest BCUT2D eigenvalue weighted by Crippen LogP contribution is 2.34. The van der Waals surface area contributed by atoms with Gasteiger partial charge in [-0.1, -0.05) is 38.0 Å². The minimum absolute atomic E-state index is 0.0871. The maximum absolute atomic E-state index is 13.0. The number of rotatable bonds is 5. The molecule has 4 heteroatoms. The van der Waals surface area contributed by atoms with Gasteiger partial charge in [-0.25, -0.2) is 8.42 Å². The third kappa shape index (κ3) is 3.67. The largest absolute Gasteiger partial charge is 0.313 e. The maximum atomic E-state index is 13.0. The molecule has 3 unspecified atom stereocenters. The molecule has 0 spiro atoms. The summed E-state index contributed by atoms with van der Waals surface area (Å²) < 4.78 is 26.0. The normalized spacial score (nSPS) is 26.7. The monoisotopic (exact) mass is 309 g/mol. The van der Waals surface area contributed by atoms with Crippen LogP contribution < -0.4 is 5.32 Å². The van der Waals surface area contributed by atoms with Gasteiger partial charge in [-0.3, -0.25) is 0 Å². The molecule has 118 valence electrons. The summed E-state index contributed by atoms with van der Waals surface area (Å²) in [6.07, 6.45) is 3.94. The fourth-order valence-corrected chi connectivity index (χ4v) is 5.38. The SMILES string of the molecule is CCNC1CCC(CC)CC1S(=O)(=O)c1ccc(C)cc1. The van der Waals surface area contributed by atoms with Crippen molar-refractivity contribution in [2.45, 2.75) is 62.6 Å². The highest BCUT2D eigenvalue weighted by Gasteiger charge is 2.38. The zero-order valence-electron chi connectivity index (χ0n) is 13.3. The Balaban J connectivity index is 2.31. The average molecular weight is 309 g/mol. The van der Waals surface area contributed by atoms with Crippen molar-refractivity contribution in [1.29, 1.82) is 0 Å². The van der Waals surface area contributed by atoms with Crippen molar-refractivity contribution in [2.75, 3.05) is 6.54 Å². The van der Waals surface area contributed by atoms with Crippen LogP contribution in [-0.4, -0.2) is 26.3 Å². The highest BCUT2D eigenvalue weighted by molar-refractivity contribution is 7.92. The van der Waals surface area contributed by atoms with Gasteiger partial charge in [0.15, 0.2) is 9.84 Å². The zero-order valence-corrected chi connectivity index (χ0v) is 14.1. The van der Waals surface area contributed by atoms with Crippen molar-refractivity contribution in [1.82, 2.24) is 5.32 Å². The minimum atomic E-state index is -3.26. The van der Waals surface area contributed by atoms with Gasteiger partial charge in [-0.2, -0.15) is 0 Å². The van der Waals surface area contributed by atoms with E-state index in [1.807, 2.05) is 26.0 Å². The fourth-order valence-electron chi connectivity index (χ4n) is 3.32. The van der Waals surface area contributed by atoms with Crippen LogP contribution in [0, 0.1) is 12.8 Å². The van der Waals surface area contributed by atoms with Gasteiger partial charge >= 0.3 is 0 Å². The van der Waals surface area contributed by atoms with Crippen molar-refractivity contribution in [3.05, 3.63) is 29.8 Å². The lowest BCUT2D eigenvalue weighted by Crippen LogP contribution is -2.48. The van der Waals surface area contributed by atoms with Gasteiger partial charge in [0.25, 0.3) is 0 Å². The lowest BCUT2D eigenvalue weighted by atomic mass is 9.84. The first-order valence-corrected chi connectivity index (χ1v) is 9.57. The second-order valence-electron chi connectivity index (χ2n) is 6.15. The number of nitrogens with one attached hydrogen (secondary N) is 1. The molecule has 2 rings (SSSR count). The molecule has 0 heterocycles. The van der Waals surface area contributed by atoms with Crippen LogP contribution in [0.5, 0.6) is 0 Å². The molecule has 0 aliphatic heterocycles. The molecular formula is C17H27NO2S. The van der Waals surface area contributed by atoms with Crippen molar-refractivity contribution in [3.63, 3.8) is 0 Å². The predicted octanol–water partition coefficient (Wildman–Crippen LogP) is 3.33. The Morgan fingerprint density at radius 2 is 1.81 bits per heavy atom. The molecule has 0 aromatic heterocycles. The molecule has 1 aromatic rings. The lowest BCUT2D eigenvalue weighted by molar-refractivity contribution is 0.290. The van der Waals surface area contributed by atoms with Crippen LogP contribution in [0.15, 0.2) is 29.2 Å². The second kappa shape index (κ2) is 6.93. The molecule has 1 aliphatic carbocycles. The lowest BCUT2D eigenvalue weighted by Gasteiger charge is -2.36. The Morgan fingerprint density at radius 1 is 1.14 bits per heavy atom. The van der Waals surface area contributed by atoms with Gasteiger partial charge in [0.1, 0.15) is 0 Å². The Bertz CT molecular complexity index is 551. The van der Waals surface area contributed by atoms with E-state index in [2.05, 4.69) is 12.2 Å². The van der Waals surface area contributed by atoms with Crippen LogP contribution in [0.3, 0.4) is 0 Å². The number of sulfone groups is 1. The molecule has 0 saturated heterocycles. The summed E-state index contributed by atoms with van der Waals surface area (Å²) in [7, 11) is -3.26. The van der Waals surface area contributed by atoms with Gasteiger partial charge < -0.3 is 5.32 Å². The summed E-state index contributed by atoms with van der Waals surface area (Å²) in [5.74, 6) is 0.533. The standard InChI is InChI=1S/C17H27NO2S/c1-4-14-8-11-16(18-5-2)17(12-14)21(19,20)15-9-6-13(3)7-10-15/h6-7,9-10,14,16-18H,4-5,8,11-12H2,1-3H3. The molecule has 1 saturated carbocycles. The summed E-state index contributed by atoms with van der Waals surface area (Å²) in [5, 5.41) is 3.09. The average Bonchev–Trinajstić information content (AvgIpc) is 2.48. The van der Waals surface area contributed by atoms with Crippen LogP contribution in [0.4, 0.5) is 0 Å². The third-order valence-electron chi connectivity index (χ3n) is 4.69. The smallest absolute Gasteiger partial charge is 0.182 e. The molecule has 3 nitrogen and oxygen atoms in total. The van der Waals surface area contributed by atoms with E-state index >= 15 is 0 Å². The fraction of sp³-hybridized carbons (Fsp3) is 0.647. The van der Waals surface area contributed by atoms with E-state index in [9.17, 15) is 8.42 Å². The van der Waals surface area contributed by atoms with Gasteiger partial charge in [-0.05, 0) is 50.8 Å². The van der Waals surface area contributed by atoms with E-state index in [-0.39, 0.29) is 11.3 Å². The molecule has 1 fully saturated rings. The van der Waals surface area contributed by atoms with Gasteiger partial charge in [0.2, 0.25) is 0 Å². The summed E-state index contributed by atoms with van der Waals surface area (Å²) in [4.78, 5) is 0.470. The van der Waals surface area contributed by atoms with Crippen LogP contribution in [0.2, 0.25) is 0 Å². The molecule has 3 atom stereocenters. The Morgan fingerprint density at radius 3 is 2.38 bits per heavy atom. The molecule has 0 radical (unpaired) electrons. The van der Waals surface area contributed by atoms with E-state index < -0.39 is 9.84 Å². The third-order valence-corrected chi connectivity index (χ3v) is 6.94. The van der Waals surface area contributed by atoms with Crippen molar-refractivity contribution >= 4 is 9.84 Å². The zero-order chi connectivity index (χ0) is 15.5. The van der Waals surface area contributed by atoms with Crippen LogP contribution >= 0.6 is 0 Å². The summed E-state index contributed by atoms with van der Waals surface area (Å²) >= 11 is 0. The van der Waals surface area contributed by atoms with E-state index in [0.717, 1.165) is 37.8 Å². The molecule has 21 heavy (non-hydrogen) atoms. The van der Waals surface area contributed by atoms with Crippen molar-refractivity contribution in [3.8, 4) is 0 Å². The van der Waals surface area contributed by atoms with Gasteiger partial charge in [0.05, 0.1) is 10.1 Å². The first-order valence-electron chi connectivity index (χ1n) is 8.03. The topological polar surface area (TPSA) is 46.2 Å². The van der Waals surface area contributed by atoms with E-state index in [1.54, 1.807) is 12.1 Å². The summed E-state index contributed by atoms with van der Waals surface area (Å²) in [6, 6.07) is 7.36. The minimum Gasteiger partial charge on any atom is -0.313 e. The molecule has 1 aliphatic rings. The van der Waals surface area contributed by atoms with Gasteiger partial charge in [0, 0.05) is 6.04 Å². The van der Waals surface area contributed by atoms with Crippen LogP contribution in [0.1, 0.15) is 45.1 Å². The number of hydrogen-bond donors (Lipinski definition) is 1. The molecular weight excluding hydrogens is 282 g/mol. The van der Waals surface area contributed by atoms with Crippen LogP contribution in [0.25, 0.3) is 0 Å². The first kappa shape index (κ1) is 16.5.